The number of hydrogen-bond donors (Lipinski definition) is 2. The number of rotatable bonds is 0. The van der Waals surface area contributed by atoms with E-state index in [1.165, 1.54) is 6.42 Å². The maximum Gasteiger partial charge on any atom is 0.0705 e. The molecule has 0 heterocycles. The average Bonchev–Trinajstić information content (AvgIpc) is 1.97. The Balaban J connectivity index is 2.03. The van der Waals surface area contributed by atoms with Crippen LogP contribution in [0, 0.1) is 17.8 Å². The molecule has 0 spiro atoms. The zero-order chi connectivity index (χ0) is 9.27. The second kappa shape index (κ2) is 2.12. The van der Waals surface area contributed by atoms with Crippen LogP contribution in [0.5, 0.6) is 0 Å². The predicted molar refractivity (Wildman–Crippen MR) is 49.1 cm³/mol. The van der Waals surface area contributed by atoms with E-state index in [4.69, 9.17) is 0 Å². The largest absolute Gasteiger partial charge is 0.389 e. The predicted octanol–water partition coefficient (Wildman–Crippen LogP) is 1.31. The molecule has 0 atom stereocenters. The maximum atomic E-state index is 10.4. The van der Waals surface area contributed by atoms with Crippen molar-refractivity contribution >= 4 is 0 Å². The topological polar surface area (TPSA) is 40.5 Å². The van der Waals surface area contributed by atoms with Crippen LogP contribution in [0.2, 0.25) is 0 Å². The molecule has 0 aromatic carbocycles. The molecule has 0 aromatic rings. The molecule has 4 rings (SSSR count). The van der Waals surface area contributed by atoms with Gasteiger partial charge in [-0.2, -0.15) is 0 Å². The van der Waals surface area contributed by atoms with E-state index in [-0.39, 0.29) is 5.92 Å². The first-order valence-electron chi connectivity index (χ1n) is 5.47. The first-order chi connectivity index (χ1) is 6.02. The molecule has 0 aliphatic heterocycles. The molecule has 0 unspecified atom stereocenters. The maximum absolute atomic E-state index is 10.4. The van der Waals surface area contributed by atoms with Crippen molar-refractivity contribution in [3.05, 3.63) is 0 Å². The minimum Gasteiger partial charge on any atom is -0.389 e. The highest BCUT2D eigenvalue weighted by Gasteiger charge is 2.61. The van der Waals surface area contributed by atoms with Gasteiger partial charge in [0, 0.05) is 5.92 Å². The Kier molecular flexibility index (Phi) is 1.34. The van der Waals surface area contributed by atoms with Crippen LogP contribution >= 0.6 is 0 Å². The van der Waals surface area contributed by atoms with Gasteiger partial charge in [0.25, 0.3) is 0 Å². The van der Waals surface area contributed by atoms with Crippen LogP contribution < -0.4 is 0 Å². The zero-order valence-corrected chi connectivity index (χ0v) is 8.16. The quantitative estimate of drug-likeness (QED) is 0.593. The van der Waals surface area contributed by atoms with Crippen molar-refractivity contribution in [1.29, 1.82) is 0 Å². The zero-order valence-electron chi connectivity index (χ0n) is 8.16. The van der Waals surface area contributed by atoms with E-state index in [0.29, 0.717) is 11.8 Å². The van der Waals surface area contributed by atoms with Crippen molar-refractivity contribution in [3.63, 3.8) is 0 Å². The Bertz CT molecular complexity index is 212. The first-order valence-corrected chi connectivity index (χ1v) is 5.47. The molecule has 4 aliphatic rings. The monoisotopic (exact) mass is 182 g/mol. The van der Waals surface area contributed by atoms with Crippen LogP contribution in [0.15, 0.2) is 0 Å². The summed E-state index contributed by atoms with van der Waals surface area (Å²) in [6.45, 7) is 2.03. The summed E-state index contributed by atoms with van der Waals surface area (Å²) in [5.41, 5.74) is -1.06. The minimum absolute atomic E-state index is 0.0906. The first kappa shape index (κ1) is 8.25. The van der Waals surface area contributed by atoms with E-state index in [2.05, 4.69) is 0 Å². The van der Waals surface area contributed by atoms with Crippen molar-refractivity contribution in [3.8, 4) is 0 Å². The summed E-state index contributed by atoms with van der Waals surface area (Å²) >= 11 is 0. The van der Waals surface area contributed by atoms with Gasteiger partial charge >= 0.3 is 0 Å². The standard InChI is InChI=1S/C11H18O2/c1-7-10(12)3-8-2-9(5-10)6-11(7,13)4-8/h7-9,12-13H,2-6H2,1H3. The van der Waals surface area contributed by atoms with Gasteiger partial charge in [0.2, 0.25) is 0 Å². The summed E-state index contributed by atoms with van der Waals surface area (Å²) < 4.78 is 0. The Morgan fingerprint density at radius 2 is 1.31 bits per heavy atom. The van der Waals surface area contributed by atoms with E-state index in [1.807, 2.05) is 6.92 Å². The Hall–Kier alpha value is -0.0800. The molecule has 4 aliphatic carbocycles. The van der Waals surface area contributed by atoms with Crippen LogP contribution in [0.4, 0.5) is 0 Å². The Morgan fingerprint density at radius 3 is 1.69 bits per heavy atom. The van der Waals surface area contributed by atoms with Gasteiger partial charge in [-0.25, -0.2) is 0 Å². The highest BCUT2D eigenvalue weighted by Crippen LogP contribution is 2.59. The molecule has 0 aromatic heterocycles. The highest BCUT2D eigenvalue weighted by atomic mass is 16.3. The summed E-state index contributed by atoms with van der Waals surface area (Å²) in [5.74, 6) is 1.28. The smallest absolute Gasteiger partial charge is 0.0705 e. The number of hydrogen-bond acceptors (Lipinski definition) is 2. The van der Waals surface area contributed by atoms with Crippen LogP contribution in [0.25, 0.3) is 0 Å². The second-order valence-electron chi connectivity index (χ2n) is 5.71. The van der Waals surface area contributed by atoms with Crippen LogP contribution in [0.3, 0.4) is 0 Å². The summed E-state index contributed by atoms with van der Waals surface area (Å²) in [6.07, 6.45) is 5.00. The van der Waals surface area contributed by atoms with Gasteiger partial charge in [-0.1, -0.05) is 6.92 Å². The lowest BCUT2D eigenvalue weighted by Crippen LogP contribution is -2.64. The summed E-state index contributed by atoms with van der Waals surface area (Å²) in [4.78, 5) is 0. The fourth-order valence-electron chi connectivity index (χ4n) is 4.32. The lowest BCUT2D eigenvalue weighted by atomic mass is 9.48. The molecule has 0 amide bonds. The molecule has 2 nitrogen and oxygen atoms in total. The van der Waals surface area contributed by atoms with Crippen molar-refractivity contribution in [2.24, 2.45) is 17.8 Å². The summed E-state index contributed by atoms with van der Waals surface area (Å²) in [5, 5.41) is 20.8. The van der Waals surface area contributed by atoms with Crippen molar-refractivity contribution in [2.75, 3.05) is 0 Å². The van der Waals surface area contributed by atoms with Gasteiger partial charge in [0.05, 0.1) is 11.2 Å². The van der Waals surface area contributed by atoms with Crippen LogP contribution in [-0.4, -0.2) is 21.4 Å². The fraction of sp³-hybridized carbons (Fsp3) is 1.00. The fourth-order valence-corrected chi connectivity index (χ4v) is 4.32. The molecular formula is C11H18O2. The SMILES string of the molecule is CC1C2(O)CC3CC(C2)CC1(O)C3. The minimum atomic E-state index is -0.529. The molecule has 0 radical (unpaired) electrons. The van der Waals surface area contributed by atoms with Gasteiger partial charge in [0.1, 0.15) is 0 Å². The van der Waals surface area contributed by atoms with Gasteiger partial charge in [-0.05, 0) is 43.9 Å². The normalized spacial score (nSPS) is 64.4. The Labute approximate surface area is 79.0 Å². The van der Waals surface area contributed by atoms with Gasteiger partial charge in [-0.15, -0.1) is 0 Å². The lowest BCUT2D eigenvalue weighted by Gasteiger charge is -2.61. The van der Waals surface area contributed by atoms with E-state index in [1.54, 1.807) is 0 Å². The van der Waals surface area contributed by atoms with E-state index in [9.17, 15) is 10.2 Å². The molecular weight excluding hydrogens is 164 g/mol. The van der Waals surface area contributed by atoms with E-state index < -0.39 is 11.2 Å². The average molecular weight is 182 g/mol. The van der Waals surface area contributed by atoms with Crippen LogP contribution in [-0.2, 0) is 0 Å². The molecule has 4 bridgehead atoms. The van der Waals surface area contributed by atoms with Gasteiger partial charge in [0.15, 0.2) is 0 Å². The molecule has 4 saturated carbocycles. The summed E-state index contributed by atoms with van der Waals surface area (Å²) in [7, 11) is 0. The number of aliphatic hydroxyl groups is 2. The molecule has 2 N–H and O–H groups in total. The van der Waals surface area contributed by atoms with Crippen LogP contribution in [0.1, 0.15) is 39.0 Å². The third-order valence-corrected chi connectivity index (χ3v) is 4.85. The van der Waals surface area contributed by atoms with Gasteiger partial charge in [-0.3, -0.25) is 0 Å². The highest BCUT2D eigenvalue weighted by molar-refractivity contribution is 5.12. The molecule has 2 heteroatoms. The summed E-state index contributed by atoms with van der Waals surface area (Å²) in [6, 6.07) is 0. The third kappa shape index (κ3) is 0.909. The van der Waals surface area contributed by atoms with Crippen molar-refractivity contribution in [2.45, 2.75) is 50.2 Å². The van der Waals surface area contributed by atoms with Crippen molar-refractivity contribution < 1.29 is 10.2 Å². The van der Waals surface area contributed by atoms with E-state index >= 15 is 0 Å². The molecule has 74 valence electrons. The third-order valence-electron chi connectivity index (χ3n) is 4.85. The van der Waals surface area contributed by atoms with Crippen molar-refractivity contribution in [1.82, 2.24) is 0 Å². The molecule has 4 fully saturated rings. The molecule has 13 heavy (non-hydrogen) atoms. The lowest BCUT2D eigenvalue weighted by molar-refractivity contribution is -0.239. The van der Waals surface area contributed by atoms with E-state index in [0.717, 1.165) is 25.7 Å². The molecule has 0 saturated heterocycles. The second-order valence-corrected chi connectivity index (χ2v) is 5.71. The van der Waals surface area contributed by atoms with Gasteiger partial charge < -0.3 is 10.2 Å². The Morgan fingerprint density at radius 1 is 0.923 bits per heavy atom.